The monoisotopic (exact) mass is 451 g/mol. The summed E-state index contributed by atoms with van der Waals surface area (Å²) in [5, 5.41) is 1.28. The molecule has 4 N–H and O–H groups in total. The highest BCUT2D eigenvalue weighted by molar-refractivity contribution is 6.00. The van der Waals surface area contributed by atoms with Gasteiger partial charge in [-0.1, -0.05) is 30.3 Å². The van der Waals surface area contributed by atoms with E-state index in [9.17, 15) is 13.6 Å². The predicted molar refractivity (Wildman–Crippen MR) is 119 cm³/mol. The van der Waals surface area contributed by atoms with Crippen LogP contribution >= 0.6 is 0 Å². The number of nitrogens with zero attached hydrogens (tertiary/aromatic N) is 3. The summed E-state index contributed by atoms with van der Waals surface area (Å²) in [5.74, 6) is 4.46. The van der Waals surface area contributed by atoms with Crippen LogP contribution in [-0.2, 0) is 19.7 Å². The smallest absolute Gasteiger partial charge is 0.260 e. The van der Waals surface area contributed by atoms with Crippen LogP contribution in [0.25, 0.3) is 5.70 Å². The van der Waals surface area contributed by atoms with Crippen molar-refractivity contribution in [2.24, 2.45) is 11.6 Å². The number of aromatic nitrogens is 1. The lowest BCUT2D eigenvalue weighted by Gasteiger charge is -2.17. The molecule has 0 saturated heterocycles. The Morgan fingerprint density at radius 1 is 1.18 bits per heavy atom. The van der Waals surface area contributed by atoms with Gasteiger partial charge in [-0.15, -0.1) is 0 Å². The van der Waals surface area contributed by atoms with Gasteiger partial charge >= 0.3 is 0 Å². The van der Waals surface area contributed by atoms with Crippen molar-refractivity contribution in [3.8, 4) is 5.88 Å². The molecular weight excluding hydrogens is 428 g/mol. The molecule has 33 heavy (non-hydrogen) atoms. The average molecular weight is 451 g/mol. The van der Waals surface area contributed by atoms with Gasteiger partial charge in [0.15, 0.2) is 0 Å². The topological polar surface area (TPSA) is 97.7 Å². The molecule has 1 aliphatic heterocycles. The van der Waals surface area contributed by atoms with Gasteiger partial charge in [0.25, 0.3) is 5.91 Å². The molecule has 170 valence electrons. The van der Waals surface area contributed by atoms with Crippen molar-refractivity contribution in [3.63, 3.8) is 0 Å². The molecule has 0 bridgehead atoms. The van der Waals surface area contributed by atoms with Gasteiger partial charge in [-0.3, -0.25) is 4.79 Å². The van der Waals surface area contributed by atoms with E-state index in [4.69, 9.17) is 16.3 Å². The summed E-state index contributed by atoms with van der Waals surface area (Å²) in [6, 6.07) is 12.5. The van der Waals surface area contributed by atoms with Crippen molar-refractivity contribution in [3.05, 3.63) is 100 Å². The summed E-state index contributed by atoms with van der Waals surface area (Å²) in [6.45, 7) is 0.285. The number of hydrogen-bond donors (Lipinski definition) is 2. The maximum absolute atomic E-state index is 14.7. The Labute approximate surface area is 189 Å². The van der Waals surface area contributed by atoms with Gasteiger partial charge in [-0.2, -0.15) is 0 Å². The van der Waals surface area contributed by atoms with E-state index >= 15 is 0 Å². The third kappa shape index (κ3) is 4.78. The second-order valence-corrected chi connectivity index (χ2v) is 7.75. The summed E-state index contributed by atoms with van der Waals surface area (Å²) in [4.78, 5) is 18.7. The Balaban J connectivity index is 1.50. The number of fused-ring (bicyclic) bond motifs is 1. The van der Waals surface area contributed by atoms with E-state index in [2.05, 4.69) is 4.98 Å². The van der Waals surface area contributed by atoms with Gasteiger partial charge < -0.3 is 20.4 Å². The maximum atomic E-state index is 14.7. The van der Waals surface area contributed by atoms with Gasteiger partial charge in [0.1, 0.15) is 23.8 Å². The standard InChI is InChI=1S/C24H23F2N5O2/c1-30(28)13-21(27)15-6-7-16(20(26)10-15)11-31-12-17-8-9-29-23(22(17)24(31)32)33-14-18-4-2-3-5-19(18)25/h2-10,13H,11-12,14,27-28H2,1H3/b21-13-. The van der Waals surface area contributed by atoms with Crippen LogP contribution < -0.4 is 16.3 Å². The quantitative estimate of drug-likeness (QED) is 0.423. The highest BCUT2D eigenvalue weighted by Crippen LogP contribution is 2.31. The lowest BCUT2D eigenvalue weighted by Crippen LogP contribution is -2.24. The predicted octanol–water partition coefficient (Wildman–Crippen LogP) is 3.16. The Bertz CT molecular complexity index is 1230. The van der Waals surface area contributed by atoms with Crippen LogP contribution in [0.1, 0.15) is 32.6 Å². The molecule has 0 radical (unpaired) electrons. The van der Waals surface area contributed by atoms with E-state index in [-0.39, 0.29) is 31.5 Å². The summed E-state index contributed by atoms with van der Waals surface area (Å²) in [7, 11) is 1.61. The number of carbonyl (C=O) groups is 1. The molecule has 0 atom stereocenters. The van der Waals surface area contributed by atoms with Crippen molar-refractivity contribution < 1.29 is 18.3 Å². The summed E-state index contributed by atoms with van der Waals surface area (Å²) < 4.78 is 34.3. The van der Waals surface area contributed by atoms with Gasteiger partial charge in [0.2, 0.25) is 5.88 Å². The largest absolute Gasteiger partial charge is 0.472 e. The van der Waals surface area contributed by atoms with Gasteiger partial charge in [-0.05, 0) is 23.8 Å². The van der Waals surface area contributed by atoms with Crippen LogP contribution in [0.5, 0.6) is 5.88 Å². The number of hydrazine groups is 1. The van der Waals surface area contributed by atoms with Gasteiger partial charge in [0.05, 0.1) is 5.70 Å². The maximum Gasteiger partial charge on any atom is 0.260 e. The SMILES string of the molecule is CN(N)/C=C(\N)c1ccc(CN2Cc3ccnc(OCc4ccccc4F)c3C2=O)c(F)c1. The zero-order valence-corrected chi connectivity index (χ0v) is 18.0. The van der Waals surface area contributed by atoms with Crippen molar-refractivity contribution >= 4 is 11.6 Å². The molecule has 0 fully saturated rings. The van der Waals surface area contributed by atoms with Crippen LogP contribution in [0.2, 0.25) is 0 Å². The average Bonchev–Trinajstić information content (AvgIpc) is 3.10. The lowest BCUT2D eigenvalue weighted by atomic mass is 10.1. The van der Waals surface area contributed by atoms with Crippen LogP contribution in [-0.4, -0.2) is 27.8 Å². The van der Waals surface area contributed by atoms with Crippen LogP contribution in [0.15, 0.2) is 60.9 Å². The minimum Gasteiger partial charge on any atom is -0.472 e. The Morgan fingerprint density at radius 3 is 2.70 bits per heavy atom. The van der Waals surface area contributed by atoms with E-state index in [1.54, 1.807) is 43.4 Å². The Hall–Kier alpha value is -3.98. The van der Waals surface area contributed by atoms with Crippen molar-refractivity contribution in [2.75, 3.05) is 7.05 Å². The number of ether oxygens (including phenoxy) is 1. The zero-order chi connectivity index (χ0) is 23.5. The first-order valence-corrected chi connectivity index (χ1v) is 10.2. The molecule has 1 aliphatic rings. The normalized spacial score (nSPS) is 13.3. The van der Waals surface area contributed by atoms with E-state index in [0.29, 0.717) is 33.5 Å². The fraction of sp³-hybridized carbons (Fsp3) is 0.167. The molecule has 2 aromatic carbocycles. The third-order valence-corrected chi connectivity index (χ3v) is 5.28. The van der Waals surface area contributed by atoms with E-state index in [1.807, 2.05) is 0 Å². The number of halogens is 2. The number of benzene rings is 2. The van der Waals surface area contributed by atoms with Crippen molar-refractivity contribution in [1.29, 1.82) is 0 Å². The number of nitrogens with two attached hydrogens (primary N) is 2. The van der Waals surface area contributed by atoms with Crippen molar-refractivity contribution in [2.45, 2.75) is 19.7 Å². The second kappa shape index (κ2) is 9.25. The minimum atomic E-state index is -0.485. The molecule has 0 saturated carbocycles. The number of carbonyl (C=O) groups excluding carboxylic acids is 1. The van der Waals surface area contributed by atoms with Gasteiger partial charge in [-0.25, -0.2) is 19.6 Å². The molecule has 3 aromatic rings. The van der Waals surface area contributed by atoms with Crippen LogP contribution in [0.4, 0.5) is 8.78 Å². The van der Waals surface area contributed by atoms with Crippen molar-refractivity contribution in [1.82, 2.24) is 14.9 Å². The van der Waals surface area contributed by atoms with Crippen LogP contribution in [0.3, 0.4) is 0 Å². The number of amides is 1. The fourth-order valence-corrected chi connectivity index (χ4v) is 3.63. The summed E-state index contributed by atoms with van der Waals surface area (Å²) >= 11 is 0. The Morgan fingerprint density at radius 2 is 1.97 bits per heavy atom. The molecule has 9 heteroatoms. The minimum absolute atomic E-state index is 0.0623. The zero-order valence-electron chi connectivity index (χ0n) is 18.0. The number of rotatable bonds is 7. The third-order valence-electron chi connectivity index (χ3n) is 5.28. The highest BCUT2D eigenvalue weighted by atomic mass is 19.1. The molecule has 1 amide bonds. The molecular formula is C24H23F2N5O2. The second-order valence-electron chi connectivity index (χ2n) is 7.75. The molecule has 2 heterocycles. The fourth-order valence-electron chi connectivity index (χ4n) is 3.63. The Kier molecular flexibility index (Phi) is 6.23. The molecule has 0 unspecified atom stereocenters. The molecule has 1 aromatic heterocycles. The lowest BCUT2D eigenvalue weighted by molar-refractivity contribution is 0.0761. The first-order valence-electron chi connectivity index (χ1n) is 10.2. The summed E-state index contributed by atoms with van der Waals surface area (Å²) in [5.41, 5.74) is 8.45. The van der Waals surface area contributed by atoms with E-state index in [0.717, 1.165) is 0 Å². The summed E-state index contributed by atoms with van der Waals surface area (Å²) in [6.07, 6.45) is 3.01. The first-order chi connectivity index (χ1) is 15.8. The van der Waals surface area contributed by atoms with E-state index in [1.165, 1.54) is 34.4 Å². The molecule has 4 rings (SSSR count). The van der Waals surface area contributed by atoms with E-state index < -0.39 is 11.6 Å². The molecule has 7 nitrogen and oxygen atoms in total. The first kappa shape index (κ1) is 22.2. The molecule has 0 aliphatic carbocycles. The number of hydrogen-bond acceptors (Lipinski definition) is 6. The number of pyridine rings is 1. The molecule has 0 spiro atoms. The van der Waals surface area contributed by atoms with Gasteiger partial charge in [0, 0.05) is 49.2 Å². The highest BCUT2D eigenvalue weighted by Gasteiger charge is 2.32. The van der Waals surface area contributed by atoms with Crippen LogP contribution in [0, 0.1) is 11.6 Å².